The van der Waals surface area contributed by atoms with Crippen LogP contribution in [0.25, 0.3) is 0 Å². The Kier molecular flexibility index (Phi) is 5.68. The van der Waals surface area contributed by atoms with Crippen molar-refractivity contribution in [1.29, 1.82) is 0 Å². The highest BCUT2D eigenvalue weighted by atomic mass is 28.4. The molecule has 5 atom stereocenters. The molecule has 5 nitrogen and oxygen atoms in total. The van der Waals surface area contributed by atoms with E-state index in [1.54, 1.807) is 7.11 Å². The molecule has 0 aromatic heterocycles. The monoisotopic (exact) mass is 414 g/mol. The number of hydrogen-bond acceptors (Lipinski definition) is 5. The van der Waals surface area contributed by atoms with Crippen LogP contribution in [0.4, 0.5) is 0 Å². The molecule has 0 aliphatic carbocycles. The van der Waals surface area contributed by atoms with E-state index in [0.717, 1.165) is 0 Å². The molecule has 1 N–H and O–H groups in total. The second-order valence-corrected chi connectivity index (χ2v) is 13.1. The van der Waals surface area contributed by atoms with Crippen molar-refractivity contribution in [2.45, 2.75) is 50.6 Å². The summed E-state index contributed by atoms with van der Waals surface area (Å²) in [5.41, 5.74) is 0. The van der Waals surface area contributed by atoms with Crippen molar-refractivity contribution in [2.75, 3.05) is 13.7 Å². The molecular formula is C23H30O5Si. The predicted octanol–water partition coefficient (Wildman–Crippen LogP) is 2.27. The van der Waals surface area contributed by atoms with Crippen molar-refractivity contribution in [3.05, 3.63) is 60.7 Å². The summed E-state index contributed by atoms with van der Waals surface area (Å²) in [6.45, 7) is 7.05. The van der Waals surface area contributed by atoms with Gasteiger partial charge in [-0.05, 0) is 15.4 Å². The molecule has 2 heterocycles. The second-order valence-electron chi connectivity index (χ2n) is 8.83. The van der Waals surface area contributed by atoms with E-state index >= 15 is 0 Å². The molecule has 156 valence electrons. The molecule has 2 saturated heterocycles. The summed E-state index contributed by atoms with van der Waals surface area (Å²) in [6, 6.07) is 20.9. The topological polar surface area (TPSA) is 57.2 Å². The summed E-state index contributed by atoms with van der Waals surface area (Å²) in [4.78, 5) is 0. The Morgan fingerprint density at radius 1 is 0.966 bits per heavy atom. The number of fused-ring (bicyclic) bond motifs is 1. The average molecular weight is 415 g/mol. The molecule has 0 unspecified atom stereocenters. The zero-order valence-corrected chi connectivity index (χ0v) is 18.4. The van der Waals surface area contributed by atoms with Crippen LogP contribution in [-0.2, 0) is 18.6 Å². The average Bonchev–Trinajstić information content (AvgIpc) is 3.25. The molecule has 2 fully saturated rings. The van der Waals surface area contributed by atoms with Gasteiger partial charge < -0.3 is 23.7 Å². The van der Waals surface area contributed by atoms with Gasteiger partial charge in [-0.15, -0.1) is 0 Å². The second kappa shape index (κ2) is 7.94. The summed E-state index contributed by atoms with van der Waals surface area (Å²) in [5.74, 6) is -0.276. The normalized spacial score (nSPS) is 29.8. The van der Waals surface area contributed by atoms with Gasteiger partial charge in [-0.3, -0.25) is 0 Å². The largest absolute Gasteiger partial charge is 0.399 e. The zero-order chi connectivity index (χ0) is 20.6. The summed E-state index contributed by atoms with van der Waals surface area (Å²) < 4.78 is 24.3. The molecule has 29 heavy (non-hydrogen) atoms. The highest BCUT2D eigenvalue weighted by Gasteiger charge is 2.59. The van der Waals surface area contributed by atoms with Crippen molar-refractivity contribution >= 4 is 18.7 Å². The van der Waals surface area contributed by atoms with Gasteiger partial charge in [0.2, 0.25) is 0 Å². The van der Waals surface area contributed by atoms with Gasteiger partial charge in [-0.1, -0.05) is 81.4 Å². The molecule has 2 aliphatic heterocycles. The van der Waals surface area contributed by atoms with Crippen LogP contribution in [0.2, 0.25) is 5.04 Å². The lowest BCUT2D eigenvalue weighted by Gasteiger charge is -2.45. The number of ether oxygens (including phenoxy) is 3. The van der Waals surface area contributed by atoms with E-state index in [-0.39, 0.29) is 17.1 Å². The summed E-state index contributed by atoms with van der Waals surface area (Å²) in [7, 11) is -1.16. The Morgan fingerprint density at radius 2 is 1.52 bits per heavy atom. The molecule has 6 heteroatoms. The van der Waals surface area contributed by atoms with E-state index < -0.39 is 27.0 Å². The predicted molar refractivity (Wildman–Crippen MR) is 114 cm³/mol. The molecule has 0 amide bonds. The van der Waals surface area contributed by atoms with E-state index in [0.29, 0.717) is 6.61 Å². The van der Waals surface area contributed by atoms with Gasteiger partial charge in [0.05, 0.1) is 18.6 Å². The molecule has 0 saturated carbocycles. The Hall–Kier alpha value is -1.54. The molecule has 4 rings (SSSR count). The minimum atomic E-state index is -2.79. The van der Waals surface area contributed by atoms with Gasteiger partial charge in [0.25, 0.3) is 8.32 Å². The lowest BCUT2D eigenvalue weighted by molar-refractivity contribution is -0.172. The third-order valence-electron chi connectivity index (χ3n) is 6.11. The van der Waals surface area contributed by atoms with Crippen molar-refractivity contribution in [3.8, 4) is 0 Å². The molecule has 2 aromatic rings. The van der Waals surface area contributed by atoms with Crippen LogP contribution in [0.3, 0.4) is 0 Å². The first-order valence-corrected chi connectivity index (χ1v) is 12.1. The van der Waals surface area contributed by atoms with E-state index in [9.17, 15) is 5.11 Å². The molecule has 2 aromatic carbocycles. The summed E-state index contributed by atoms with van der Waals surface area (Å²) in [5, 5.41) is 12.7. The first kappa shape index (κ1) is 20.7. The maximum Gasteiger partial charge on any atom is 0.261 e. The van der Waals surface area contributed by atoms with Gasteiger partial charge in [-0.25, -0.2) is 0 Å². The van der Waals surface area contributed by atoms with Crippen molar-refractivity contribution in [3.63, 3.8) is 0 Å². The zero-order valence-electron chi connectivity index (χ0n) is 17.4. The lowest BCUT2D eigenvalue weighted by atomic mass is 10.0. The van der Waals surface area contributed by atoms with Gasteiger partial charge in [-0.2, -0.15) is 0 Å². The van der Waals surface area contributed by atoms with Gasteiger partial charge in [0.1, 0.15) is 6.10 Å². The van der Waals surface area contributed by atoms with Crippen molar-refractivity contribution in [1.82, 2.24) is 0 Å². The fraction of sp³-hybridized carbons (Fsp3) is 0.478. The number of rotatable bonds is 5. The van der Waals surface area contributed by atoms with E-state index in [2.05, 4.69) is 69.3 Å². The minimum Gasteiger partial charge on any atom is -0.399 e. The van der Waals surface area contributed by atoms with Crippen LogP contribution in [0, 0.1) is 5.92 Å². The fourth-order valence-electron chi connectivity index (χ4n) is 4.75. The Bertz CT molecular complexity index is 768. The van der Waals surface area contributed by atoms with Gasteiger partial charge >= 0.3 is 0 Å². The summed E-state index contributed by atoms with van der Waals surface area (Å²) in [6.07, 6.45) is -2.10. The first-order chi connectivity index (χ1) is 13.9. The molecular weight excluding hydrogens is 384 g/mol. The van der Waals surface area contributed by atoms with Crippen LogP contribution in [0.5, 0.6) is 0 Å². The van der Waals surface area contributed by atoms with Crippen molar-refractivity contribution in [2.24, 2.45) is 5.92 Å². The summed E-state index contributed by atoms with van der Waals surface area (Å²) >= 11 is 0. The standard InChI is InChI=1S/C23H30O5Si/c1-23(2,3)29(16-11-7-5-8-12-16,17-13-9-6-10-14-17)28-20-19-18(15-26-21(19)24)27-22(20)25-4/h5-14,18-22,24H,15H2,1-4H3/t18-,19+,20-,21-,22+/m1/s1. The number of benzene rings is 2. The Balaban J connectivity index is 1.86. The first-order valence-electron chi connectivity index (χ1n) is 10.2. The van der Waals surface area contributed by atoms with E-state index in [4.69, 9.17) is 18.6 Å². The highest BCUT2D eigenvalue weighted by Crippen LogP contribution is 2.43. The van der Waals surface area contributed by atoms with Crippen LogP contribution >= 0.6 is 0 Å². The van der Waals surface area contributed by atoms with Crippen LogP contribution in [0.1, 0.15) is 20.8 Å². The van der Waals surface area contributed by atoms with Gasteiger partial charge in [0, 0.05) is 7.11 Å². The SMILES string of the molecule is CO[C@H]1O[C@@H]2CO[C@@H](O)[C@@H]2[C@H]1O[Si](c1ccccc1)(c1ccccc1)C(C)(C)C. The Morgan fingerprint density at radius 3 is 2.00 bits per heavy atom. The third-order valence-corrected chi connectivity index (χ3v) is 11.1. The lowest BCUT2D eigenvalue weighted by Crippen LogP contribution is -2.69. The third kappa shape index (κ3) is 3.48. The maximum atomic E-state index is 10.5. The smallest absolute Gasteiger partial charge is 0.261 e. The van der Waals surface area contributed by atoms with E-state index in [1.165, 1.54) is 10.4 Å². The number of methoxy groups -OCH3 is 1. The quantitative estimate of drug-likeness (QED) is 0.761. The molecule has 2 aliphatic rings. The van der Waals surface area contributed by atoms with Crippen LogP contribution in [-0.4, -0.2) is 51.9 Å². The molecule has 0 spiro atoms. The molecule has 0 bridgehead atoms. The molecule has 0 radical (unpaired) electrons. The maximum absolute atomic E-state index is 10.5. The highest BCUT2D eigenvalue weighted by molar-refractivity contribution is 6.99. The number of aliphatic hydroxyl groups is 1. The fourth-order valence-corrected chi connectivity index (χ4v) is 9.44. The van der Waals surface area contributed by atoms with Gasteiger partial charge in [0.15, 0.2) is 12.6 Å². The van der Waals surface area contributed by atoms with Crippen molar-refractivity contribution < 1.29 is 23.7 Å². The number of aliphatic hydroxyl groups excluding tert-OH is 1. The Labute approximate surface area is 173 Å². The number of hydrogen-bond donors (Lipinski definition) is 1. The van der Waals surface area contributed by atoms with E-state index in [1.807, 2.05) is 12.1 Å². The minimum absolute atomic E-state index is 0.170. The van der Waals surface area contributed by atoms with Crippen LogP contribution < -0.4 is 10.4 Å². The van der Waals surface area contributed by atoms with Crippen LogP contribution in [0.15, 0.2) is 60.7 Å².